The topological polar surface area (TPSA) is 78.9 Å². The Morgan fingerprint density at radius 2 is 0.540 bits per heavy atom. The predicted molar refractivity (Wildman–Crippen MR) is 270 cm³/mol. The van der Waals surface area contributed by atoms with Crippen molar-refractivity contribution in [2.45, 2.75) is 297 Å². The van der Waals surface area contributed by atoms with E-state index in [9.17, 15) is 14.4 Å². The molecule has 0 aromatic rings. The van der Waals surface area contributed by atoms with Crippen molar-refractivity contribution >= 4 is 17.9 Å². The molecule has 1 atom stereocenters. The van der Waals surface area contributed by atoms with E-state index in [-0.39, 0.29) is 31.1 Å². The fraction of sp³-hybridized carbons (Fsp3) is 0.842. The van der Waals surface area contributed by atoms with Crippen molar-refractivity contribution in [2.24, 2.45) is 0 Å². The number of carbonyl (C=O) groups excluding carboxylic acids is 3. The molecule has 6 nitrogen and oxygen atoms in total. The molecule has 0 aromatic heterocycles. The molecule has 0 rings (SSSR count). The molecular weight excluding hydrogens is 781 g/mol. The summed E-state index contributed by atoms with van der Waals surface area (Å²) in [6, 6.07) is 0. The van der Waals surface area contributed by atoms with Crippen LogP contribution in [0, 0.1) is 0 Å². The zero-order chi connectivity index (χ0) is 45.8. The molecule has 0 aromatic carbocycles. The van der Waals surface area contributed by atoms with Crippen LogP contribution in [-0.2, 0) is 28.6 Å². The van der Waals surface area contributed by atoms with Gasteiger partial charge in [0.2, 0.25) is 0 Å². The highest BCUT2D eigenvalue weighted by atomic mass is 16.6. The number of hydrogen-bond acceptors (Lipinski definition) is 6. The van der Waals surface area contributed by atoms with Crippen molar-refractivity contribution in [2.75, 3.05) is 13.2 Å². The van der Waals surface area contributed by atoms with Gasteiger partial charge in [0.1, 0.15) is 13.2 Å². The third-order valence-corrected chi connectivity index (χ3v) is 12.1. The van der Waals surface area contributed by atoms with Gasteiger partial charge in [0.05, 0.1) is 0 Å². The molecule has 0 saturated heterocycles. The quantitative estimate of drug-likeness (QED) is 0.0262. The first kappa shape index (κ1) is 60.6. The first-order chi connectivity index (χ1) is 31.0. The maximum absolute atomic E-state index is 12.8. The molecule has 6 heteroatoms. The normalized spacial score (nSPS) is 12.2. The van der Waals surface area contributed by atoms with E-state index in [4.69, 9.17) is 14.2 Å². The van der Waals surface area contributed by atoms with Gasteiger partial charge >= 0.3 is 17.9 Å². The van der Waals surface area contributed by atoms with E-state index in [2.05, 4.69) is 57.2 Å². The van der Waals surface area contributed by atoms with Crippen LogP contribution in [0.15, 0.2) is 36.5 Å². The summed E-state index contributed by atoms with van der Waals surface area (Å²) in [5.41, 5.74) is 0. The van der Waals surface area contributed by atoms with E-state index >= 15 is 0 Å². The monoisotopic (exact) mass is 885 g/mol. The lowest BCUT2D eigenvalue weighted by Crippen LogP contribution is -2.30. The lowest BCUT2D eigenvalue weighted by Gasteiger charge is -2.18. The fourth-order valence-corrected chi connectivity index (χ4v) is 7.88. The molecule has 0 radical (unpaired) electrons. The van der Waals surface area contributed by atoms with Crippen LogP contribution >= 0.6 is 0 Å². The van der Waals surface area contributed by atoms with Crippen molar-refractivity contribution in [1.29, 1.82) is 0 Å². The average molecular weight is 885 g/mol. The average Bonchev–Trinajstić information content (AvgIpc) is 3.28. The van der Waals surface area contributed by atoms with Crippen molar-refractivity contribution in [3.8, 4) is 0 Å². The summed E-state index contributed by atoms with van der Waals surface area (Å²) in [5.74, 6) is -0.885. The smallest absolute Gasteiger partial charge is 0.306 e. The molecule has 0 aliphatic rings. The van der Waals surface area contributed by atoms with Crippen molar-refractivity contribution in [3.63, 3.8) is 0 Å². The van der Waals surface area contributed by atoms with Crippen molar-refractivity contribution in [1.82, 2.24) is 0 Å². The molecule has 0 bridgehead atoms. The second kappa shape index (κ2) is 52.3. The van der Waals surface area contributed by atoms with E-state index < -0.39 is 6.10 Å². The Morgan fingerprint density at radius 1 is 0.302 bits per heavy atom. The molecule has 0 N–H and O–H groups in total. The molecule has 368 valence electrons. The van der Waals surface area contributed by atoms with Crippen LogP contribution in [-0.4, -0.2) is 37.2 Å². The lowest BCUT2D eigenvalue weighted by molar-refractivity contribution is -0.167. The van der Waals surface area contributed by atoms with Gasteiger partial charge in [0, 0.05) is 19.3 Å². The van der Waals surface area contributed by atoms with E-state index in [0.29, 0.717) is 19.3 Å². The highest BCUT2D eigenvalue weighted by Gasteiger charge is 2.19. The van der Waals surface area contributed by atoms with E-state index in [1.807, 2.05) is 0 Å². The zero-order valence-electron chi connectivity index (χ0n) is 42.1. The summed E-state index contributed by atoms with van der Waals surface area (Å²) in [4.78, 5) is 38.0. The molecule has 0 aliphatic heterocycles. The predicted octanol–water partition coefficient (Wildman–Crippen LogP) is 18.1. The maximum atomic E-state index is 12.8. The number of ether oxygens (including phenoxy) is 3. The Bertz CT molecular complexity index is 1060. The maximum Gasteiger partial charge on any atom is 0.306 e. The standard InChI is InChI=1S/C57H104O6/c1-4-7-10-13-16-19-22-24-25-26-27-28-29-30-31-33-36-39-42-45-48-51-57(60)63-54(52-61-55(58)49-46-43-40-37-34-21-18-15-12-9-6-3)53-62-56(59)50-47-44-41-38-35-32-23-20-17-14-11-8-5-2/h15,18,20,23-25,54H,4-14,16-17,19,21-22,26-53H2,1-3H3/b18-15-,23-20-,25-24-/t54-/m0/s1. The minimum Gasteiger partial charge on any atom is -0.462 e. The highest BCUT2D eigenvalue weighted by molar-refractivity contribution is 5.71. The summed E-state index contributed by atoms with van der Waals surface area (Å²) in [7, 11) is 0. The second-order valence-corrected chi connectivity index (χ2v) is 18.5. The number of esters is 3. The summed E-state index contributed by atoms with van der Waals surface area (Å²) in [6.07, 6.45) is 61.3. The number of unbranched alkanes of at least 4 members (excludes halogenated alkanes) is 33. The largest absolute Gasteiger partial charge is 0.462 e. The van der Waals surface area contributed by atoms with E-state index in [1.54, 1.807) is 0 Å². The van der Waals surface area contributed by atoms with E-state index in [1.165, 1.54) is 180 Å². The van der Waals surface area contributed by atoms with E-state index in [0.717, 1.165) is 70.6 Å². The summed E-state index contributed by atoms with van der Waals surface area (Å²) < 4.78 is 16.8. The molecule has 0 aliphatic carbocycles. The second-order valence-electron chi connectivity index (χ2n) is 18.5. The van der Waals surface area contributed by atoms with Crippen LogP contribution < -0.4 is 0 Å². The molecule has 0 heterocycles. The fourth-order valence-electron chi connectivity index (χ4n) is 7.88. The first-order valence-corrected chi connectivity index (χ1v) is 27.5. The molecule has 0 spiro atoms. The van der Waals surface area contributed by atoms with Gasteiger partial charge in [-0.1, -0.05) is 218 Å². The Kier molecular flexibility index (Phi) is 50.3. The SMILES string of the molecule is CCCC/C=C\CCCCCCCC(=O)OC[C@@H](COC(=O)CCCCCCC/C=C\CCCCCC)OC(=O)CCCCCCCCCCCCC/C=C\CCCCCCCC. The van der Waals surface area contributed by atoms with Crippen LogP contribution in [0.5, 0.6) is 0 Å². The van der Waals surface area contributed by atoms with Crippen molar-refractivity contribution in [3.05, 3.63) is 36.5 Å². The molecule has 0 amide bonds. The van der Waals surface area contributed by atoms with Gasteiger partial charge < -0.3 is 14.2 Å². The zero-order valence-corrected chi connectivity index (χ0v) is 42.1. The first-order valence-electron chi connectivity index (χ1n) is 27.5. The lowest BCUT2D eigenvalue weighted by atomic mass is 10.0. The summed E-state index contributed by atoms with van der Waals surface area (Å²) in [6.45, 7) is 6.59. The Labute approximate surface area is 391 Å². The third-order valence-electron chi connectivity index (χ3n) is 12.1. The summed E-state index contributed by atoms with van der Waals surface area (Å²) in [5, 5.41) is 0. The van der Waals surface area contributed by atoms with Gasteiger partial charge in [0.25, 0.3) is 0 Å². The van der Waals surface area contributed by atoms with Gasteiger partial charge in [-0.25, -0.2) is 0 Å². The highest BCUT2D eigenvalue weighted by Crippen LogP contribution is 2.15. The number of allylic oxidation sites excluding steroid dienone is 6. The van der Waals surface area contributed by atoms with Gasteiger partial charge in [-0.05, 0) is 89.9 Å². The molecule has 0 saturated carbocycles. The Morgan fingerprint density at radius 3 is 0.857 bits per heavy atom. The molecule has 0 unspecified atom stereocenters. The number of rotatable bonds is 50. The van der Waals surface area contributed by atoms with Gasteiger partial charge in [-0.3, -0.25) is 14.4 Å². The van der Waals surface area contributed by atoms with Gasteiger partial charge in [-0.2, -0.15) is 0 Å². The van der Waals surface area contributed by atoms with Gasteiger partial charge in [-0.15, -0.1) is 0 Å². The third kappa shape index (κ3) is 50.5. The van der Waals surface area contributed by atoms with Crippen molar-refractivity contribution < 1.29 is 28.6 Å². The molecule has 0 fully saturated rings. The minimum absolute atomic E-state index is 0.0775. The van der Waals surface area contributed by atoms with Crippen LogP contribution in [0.3, 0.4) is 0 Å². The van der Waals surface area contributed by atoms with Gasteiger partial charge in [0.15, 0.2) is 6.10 Å². The Balaban J connectivity index is 4.29. The number of carbonyl (C=O) groups is 3. The van der Waals surface area contributed by atoms with Crippen LogP contribution in [0.2, 0.25) is 0 Å². The molecule has 63 heavy (non-hydrogen) atoms. The van der Waals surface area contributed by atoms with Crippen LogP contribution in [0.4, 0.5) is 0 Å². The minimum atomic E-state index is -0.776. The Hall–Kier alpha value is -2.37. The summed E-state index contributed by atoms with van der Waals surface area (Å²) >= 11 is 0. The molecular formula is C57H104O6. The van der Waals surface area contributed by atoms with Crippen LogP contribution in [0.25, 0.3) is 0 Å². The van der Waals surface area contributed by atoms with Crippen LogP contribution in [0.1, 0.15) is 290 Å². The number of hydrogen-bond donors (Lipinski definition) is 0.